The van der Waals surface area contributed by atoms with Crippen LogP contribution in [0.1, 0.15) is 5.56 Å². The Labute approximate surface area is 74.9 Å². The third-order valence-corrected chi connectivity index (χ3v) is 2.15. The monoisotopic (exact) mass is 187 g/mol. The first-order valence-electron chi connectivity index (χ1n) is 3.03. The molecule has 1 aromatic carbocycles. The molecule has 1 aromatic rings. The van der Waals surface area contributed by atoms with Gasteiger partial charge in [-0.3, -0.25) is 4.79 Å². The highest BCUT2D eigenvalue weighted by Crippen LogP contribution is 2.25. The molecule has 11 heavy (non-hydrogen) atoms. The van der Waals surface area contributed by atoms with Crippen molar-refractivity contribution in [1.29, 1.82) is 0 Å². The molecule has 0 saturated carbocycles. The van der Waals surface area contributed by atoms with Gasteiger partial charge in [0.25, 0.3) is 0 Å². The van der Waals surface area contributed by atoms with Crippen molar-refractivity contribution in [2.45, 2.75) is 6.42 Å². The van der Waals surface area contributed by atoms with Gasteiger partial charge >= 0.3 is 0 Å². The zero-order chi connectivity index (χ0) is 8.27. The average Bonchev–Trinajstić information content (AvgIpc) is 1.99. The molecular weight excluding hydrogens is 183 g/mol. The number of carbonyl (C=O) groups excluding carboxylic acids is 1. The zero-order valence-electron chi connectivity index (χ0n) is 5.60. The van der Waals surface area contributed by atoms with Gasteiger partial charge in [-0.2, -0.15) is 0 Å². The Morgan fingerprint density at radius 2 is 2.09 bits per heavy atom. The lowest BCUT2D eigenvalue weighted by Gasteiger charge is -1.99. The molecule has 0 spiro atoms. The zero-order valence-corrected chi connectivity index (χ0v) is 7.12. The Kier molecular flexibility index (Phi) is 2.92. The minimum Gasteiger partial charge on any atom is -0.291 e. The first-order chi connectivity index (χ1) is 5.25. The fourth-order valence-corrected chi connectivity index (χ4v) is 1.15. The molecule has 57 valence electrons. The molecule has 0 fully saturated rings. The molecule has 0 amide bonds. The van der Waals surface area contributed by atoms with E-state index < -0.39 is 0 Å². The minimum absolute atomic E-state index is 0.194. The Balaban J connectivity index is 3.05. The second kappa shape index (κ2) is 3.74. The van der Waals surface area contributed by atoms with Crippen molar-refractivity contribution in [3.8, 4) is 0 Å². The van der Waals surface area contributed by atoms with Crippen LogP contribution < -0.4 is 0 Å². The highest BCUT2D eigenvalue weighted by atomic mass is 35.5. The molecular formula is C8H5Cl2O. The summed E-state index contributed by atoms with van der Waals surface area (Å²) in [5.41, 5.74) is 0.717. The van der Waals surface area contributed by atoms with E-state index in [9.17, 15) is 4.79 Å². The predicted octanol–water partition coefficient (Wildman–Crippen LogP) is 2.65. The fourth-order valence-electron chi connectivity index (χ4n) is 0.763. The maximum absolute atomic E-state index is 10.0. The van der Waals surface area contributed by atoms with E-state index in [1.54, 1.807) is 24.5 Å². The van der Waals surface area contributed by atoms with Crippen molar-refractivity contribution in [3.05, 3.63) is 33.8 Å². The number of benzene rings is 1. The van der Waals surface area contributed by atoms with E-state index in [0.29, 0.717) is 15.6 Å². The third kappa shape index (κ3) is 1.95. The van der Waals surface area contributed by atoms with Crippen molar-refractivity contribution in [1.82, 2.24) is 0 Å². The van der Waals surface area contributed by atoms with Crippen LogP contribution in [0.5, 0.6) is 0 Å². The van der Waals surface area contributed by atoms with Gasteiger partial charge in [0.15, 0.2) is 0 Å². The minimum atomic E-state index is 0.194. The van der Waals surface area contributed by atoms with Gasteiger partial charge in [0.05, 0.1) is 10.0 Å². The second-order valence-corrected chi connectivity index (χ2v) is 2.82. The second-order valence-electron chi connectivity index (χ2n) is 2.03. The van der Waals surface area contributed by atoms with Crippen LogP contribution in [0.15, 0.2) is 18.2 Å². The highest BCUT2D eigenvalue weighted by molar-refractivity contribution is 6.42. The molecule has 1 rings (SSSR count). The number of halogens is 2. The molecule has 0 aromatic heterocycles. The smallest absolute Gasteiger partial charge is 0.203 e. The molecule has 3 heteroatoms. The fraction of sp³-hybridized carbons (Fsp3) is 0.125. The summed E-state index contributed by atoms with van der Waals surface area (Å²) in [5.74, 6) is 0. The Morgan fingerprint density at radius 3 is 2.73 bits per heavy atom. The third-order valence-electron chi connectivity index (χ3n) is 1.29. The summed E-state index contributed by atoms with van der Waals surface area (Å²) < 4.78 is 0. The van der Waals surface area contributed by atoms with Crippen LogP contribution in [-0.2, 0) is 11.2 Å². The highest BCUT2D eigenvalue weighted by Gasteiger charge is 2.02. The van der Waals surface area contributed by atoms with Crippen LogP contribution in [0.4, 0.5) is 0 Å². The quantitative estimate of drug-likeness (QED) is 0.697. The molecule has 1 radical (unpaired) electrons. The van der Waals surface area contributed by atoms with E-state index >= 15 is 0 Å². The average molecular weight is 188 g/mol. The molecule has 0 heterocycles. The number of hydrogen-bond acceptors (Lipinski definition) is 1. The Hall–Kier alpha value is -0.530. The number of hydrogen-bond donors (Lipinski definition) is 0. The standard InChI is InChI=1S/C8H5Cl2O/c9-7-3-1-2-6(4-5-11)8(7)10/h1-3H,4H2. The van der Waals surface area contributed by atoms with Gasteiger partial charge in [-0.15, -0.1) is 0 Å². The van der Waals surface area contributed by atoms with Crippen LogP contribution in [0, 0.1) is 0 Å². The molecule has 0 saturated heterocycles. The molecule has 0 aliphatic carbocycles. The van der Waals surface area contributed by atoms with Gasteiger partial charge in [-0.25, -0.2) is 0 Å². The van der Waals surface area contributed by atoms with E-state index in [-0.39, 0.29) is 6.42 Å². The van der Waals surface area contributed by atoms with E-state index in [2.05, 4.69) is 0 Å². The maximum atomic E-state index is 10.0. The lowest BCUT2D eigenvalue weighted by Crippen LogP contribution is -1.86. The van der Waals surface area contributed by atoms with Gasteiger partial charge in [0, 0.05) is 6.42 Å². The van der Waals surface area contributed by atoms with Gasteiger partial charge in [-0.1, -0.05) is 35.3 Å². The normalized spacial score (nSPS) is 9.64. The molecule has 0 atom stereocenters. The van der Waals surface area contributed by atoms with Crippen LogP contribution in [0.2, 0.25) is 10.0 Å². The summed E-state index contributed by atoms with van der Waals surface area (Å²) in [7, 11) is 0. The largest absolute Gasteiger partial charge is 0.291 e. The van der Waals surface area contributed by atoms with E-state index in [0.717, 1.165) is 0 Å². The Bertz CT molecular complexity index is 271. The first-order valence-corrected chi connectivity index (χ1v) is 3.79. The summed E-state index contributed by atoms with van der Waals surface area (Å²) >= 11 is 11.4. The van der Waals surface area contributed by atoms with Crippen molar-refractivity contribution in [2.24, 2.45) is 0 Å². The first kappa shape index (κ1) is 8.57. The van der Waals surface area contributed by atoms with Crippen LogP contribution in [0.3, 0.4) is 0 Å². The van der Waals surface area contributed by atoms with Gasteiger partial charge in [0.2, 0.25) is 6.29 Å². The lowest BCUT2D eigenvalue weighted by molar-refractivity contribution is 0.555. The molecule has 0 bridgehead atoms. The van der Waals surface area contributed by atoms with E-state index in [4.69, 9.17) is 23.2 Å². The SMILES string of the molecule is O=[C]Cc1cccc(Cl)c1Cl. The summed E-state index contributed by atoms with van der Waals surface area (Å²) in [6, 6.07) is 5.18. The Morgan fingerprint density at radius 1 is 1.36 bits per heavy atom. The van der Waals surface area contributed by atoms with Crippen molar-refractivity contribution in [2.75, 3.05) is 0 Å². The summed E-state index contributed by atoms with van der Waals surface area (Å²) in [6.45, 7) is 0. The molecule has 0 aliphatic heterocycles. The summed E-state index contributed by atoms with van der Waals surface area (Å²) in [4.78, 5) is 10.0. The predicted molar refractivity (Wildman–Crippen MR) is 45.9 cm³/mol. The molecule has 0 unspecified atom stereocenters. The lowest BCUT2D eigenvalue weighted by atomic mass is 10.2. The summed E-state index contributed by atoms with van der Waals surface area (Å²) in [6.07, 6.45) is 1.95. The molecule has 1 nitrogen and oxygen atoms in total. The van der Waals surface area contributed by atoms with Crippen molar-refractivity contribution < 1.29 is 4.79 Å². The van der Waals surface area contributed by atoms with Crippen LogP contribution in [-0.4, -0.2) is 6.29 Å². The van der Waals surface area contributed by atoms with Crippen LogP contribution >= 0.6 is 23.2 Å². The molecule has 0 aliphatic rings. The van der Waals surface area contributed by atoms with Crippen molar-refractivity contribution >= 4 is 29.5 Å². The topological polar surface area (TPSA) is 17.1 Å². The number of rotatable bonds is 2. The van der Waals surface area contributed by atoms with Crippen molar-refractivity contribution in [3.63, 3.8) is 0 Å². The molecule has 0 N–H and O–H groups in total. The summed E-state index contributed by atoms with van der Waals surface area (Å²) in [5, 5.41) is 0.914. The van der Waals surface area contributed by atoms with Gasteiger partial charge in [-0.05, 0) is 11.6 Å². The van der Waals surface area contributed by atoms with E-state index in [1.165, 1.54) is 0 Å². The maximum Gasteiger partial charge on any atom is 0.203 e. The van der Waals surface area contributed by atoms with Crippen LogP contribution in [0.25, 0.3) is 0 Å². The van der Waals surface area contributed by atoms with Gasteiger partial charge < -0.3 is 0 Å². The van der Waals surface area contributed by atoms with Gasteiger partial charge in [0.1, 0.15) is 0 Å². The van der Waals surface area contributed by atoms with E-state index in [1.807, 2.05) is 0 Å².